The first-order valence-corrected chi connectivity index (χ1v) is 7.54. The van der Waals surface area contributed by atoms with Crippen molar-refractivity contribution in [1.29, 1.82) is 0 Å². The molecular formula is C17H14ClFN2O2. The average Bonchev–Trinajstić information content (AvgIpc) is 2.55. The summed E-state index contributed by atoms with van der Waals surface area (Å²) in [7, 11) is 0. The van der Waals surface area contributed by atoms with Crippen molar-refractivity contribution < 1.29 is 14.0 Å². The summed E-state index contributed by atoms with van der Waals surface area (Å²) in [5.74, 6) is -0.951. The summed E-state index contributed by atoms with van der Waals surface area (Å²) in [6, 6.07) is 11.4. The van der Waals surface area contributed by atoms with E-state index in [4.69, 9.17) is 11.6 Å². The Morgan fingerprint density at radius 2 is 1.96 bits per heavy atom. The van der Waals surface area contributed by atoms with Crippen molar-refractivity contribution in [2.24, 2.45) is 0 Å². The highest BCUT2D eigenvalue weighted by Gasteiger charge is 2.34. The van der Waals surface area contributed by atoms with Gasteiger partial charge >= 0.3 is 0 Å². The molecule has 0 saturated carbocycles. The van der Waals surface area contributed by atoms with Crippen LogP contribution in [0.3, 0.4) is 0 Å². The lowest BCUT2D eigenvalue weighted by atomic mass is 10.0. The number of halogens is 2. The Morgan fingerprint density at radius 1 is 1.22 bits per heavy atom. The largest absolute Gasteiger partial charge is 0.352 e. The van der Waals surface area contributed by atoms with Crippen LogP contribution in [0.1, 0.15) is 22.0 Å². The highest BCUT2D eigenvalue weighted by atomic mass is 35.5. The van der Waals surface area contributed by atoms with Gasteiger partial charge in [0.05, 0.1) is 0 Å². The van der Waals surface area contributed by atoms with E-state index in [1.54, 1.807) is 24.3 Å². The second-order valence-corrected chi connectivity index (χ2v) is 5.69. The van der Waals surface area contributed by atoms with E-state index >= 15 is 0 Å². The molecule has 1 aliphatic heterocycles. The van der Waals surface area contributed by atoms with Crippen molar-refractivity contribution in [2.45, 2.75) is 6.04 Å². The lowest BCUT2D eigenvalue weighted by molar-refractivity contribution is -0.128. The van der Waals surface area contributed by atoms with Crippen molar-refractivity contribution in [3.8, 4) is 0 Å². The van der Waals surface area contributed by atoms with E-state index in [1.165, 1.54) is 29.2 Å². The van der Waals surface area contributed by atoms with Crippen LogP contribution in [0.5, 0.6) is 0 Å². The maximum Gasteiger partial charge on any atom is 0.254 e. The number of hydrogen-bond acceptors (Lipinski definition) is 2. The van der Waals surface area contributed by atoms with Crippen LogP contribution < -0.4 is 5.32 Å². The van der Waals surface area contributed by atoms with Crippen LogP contribution in [0.4, 0.5) is 4.39 Å². The lowest BCUT2D eigenvalue weighted by Gasteiger charge is -2.35. The SMILES string of the molecule is O=C1NCCN(C(=O)c2cccc(Cl)c2)C1c1ccc(F)cc1. The maximum absolute atomic E-state index is 13.1. The molecule has 1 heterocycles. The third-order valence-corrected chi connectivity index (χ3v) is 3.97. The maximum atomic E-state index is 13.1. The van der Waals surface area contributed by atoms with Gasteiger partial charge in [0.1, 0.15) is 11.9 Å². The van der Waals surface area contributed by atoms with Crippen molar-refractivity contribution >= 4 is 23.4 Å². The minimum atomic E-state index is -0.782. The van der Waals surface area contributed by atoms with Crippen LogP contribution in [0.2, 0.25) is 5.02 Å². The van der Waals surface area contributed by atoms with Crippen molar-refractivity contribution in [3.63, 3.8) is 0 Å². The fourth-order valence-corrected chi connectivity index (χ4v) is 2.84. The number of nitrogens with zero attached hydrogens (tertiary/aromatic N) is 1. The lowest BCUT2D eigenvalue weighted by Crippen LogP contribution is -2.52. The molecule has 4 nitrogen and oxygen atoms in total. The summed E-state index contributed by atoms with van der Waals surface area (Å²) in [4.78, 5) is 26.5. The number of benzene rings is 2. The molecule has 0 bridgehead atoms. The third kappa shape index (κ3) is 3.19. The molecule has 0 aliphatic carbocycles. The minimum Gasteiger partial charge on any atom is -0.352 e. The zero-order valence-electron chi connectivity index (χ0n) is 12.1. The summed E-state index contributed by atoms with van der Waals surface area (Å²) in [6.07, 6.45) is 0. The van der Waals surface area contributed by atoms with Gasteiger partial charge in [0.25, 0.3) is 5.91 Å². The van der Waals surface area contributed by atoms with Gasteiger partial charge in [-0.1, -0.05) is 29.8 Å². The molecule has 0 radical (unpaired) electrons. The predicted octanol–water partition coefficient (Wildman–Crippen LogP) is 2.79. The fourth-order valence-electron chi connectivity index (χ4n) is 2.65. The van der Waals surface area contributed by atoms with E-state index in [-0.39, 0.29) is 11.8 Å². The van der Waals surface area contributed by atoms with Crippen LogP contribution in [-0.2, 0) is 4.79 Å². The van der Waals surface area contributed by atoms with Crippen LogP contribution >= 0.6 is 11.6 Å². The molecule has 1 unspecified atom stereocenters. The second kappa shape index (κ2) is 6.38. The summed E-state index contributed by atoms with van der Waals surface area (Å²) in [5.41, 5.74) is 0.985. The molecule has 1 N–H and O–H groups in total. The van der Waals surface area contributed by atoms with Crippen LogP contribution in [0.25, 0.3) is 0 Å². The molecular weight excluding hydrogens is 319 g/mol. The van der Waals surface area contributed by atoms with E-state index < -0.39 is 11.9 Å². The van der Waals surface area contributed by atoms with Gasteiger partial charge in [-0.3, -0.25) is 9.59 Å². The molecule has 6 heteroatoms. The van der Waals surface area contributed by atoms with Crippen LogP contribution in [0, 0.1) is 5.82 Å². The van der Waals surface area contributed by atoms with Gasteiger partial charge < -0.3 is 10.2 Å². The van der Waals surface area contributed by atoms with E-state index in [1.807, 2.05) is 0 Å². The Bertz CT molecular complexity index is 749. The van der Waals surface area contributed by atoms with Gasteiger partial charge in [-0.05, 0) is 35.9 Å². The Kier molecular flexibility index (Phi) is 4.30. The zero-order valence-corrected chi connectivity index (χ0v) is 12.9. The van der Waals surface area contributed by atoms with Crippen molar-refractivity contribution in [3.05, 3.63) is 70.5 Å². The van der Waals surface area contributed by atoms with Gasteiger partial charge in [0.2, 0.25) is 5.91 Å². The van der Waals surface area contributed by atoms with E-state index in [0.29, 0.717) is 29.2 Å². The summed E-state index contributed by atoms with van der Waals surface area (Å²) in [5, 5.41) is 3.19. The van der Waals surface area contributed by atoms with Gasteiger partial charge in [0.15, 0.2) is 0 Å². The van der Waals surface area contributed by atoms with E-state index in [2.05, 4.69) is 5.32 Å². The highest BCUT2D eigenvalue weighted by Crippen LogP contribution is 2.26. The molecule has 0 spiro atoms. The molecule has 1 fully saturated rings. The second-order valence-electron chi connectivity index (χ2n) is 5.25. The number of rotatable bonds is 2. The van der Waals surface area contributed by atoms with Crippen molar-refractivity contribution in [1.82, 2.24) is 10.2 Å². The molecule has 2 aromatic carbocycles. The number of hydrogen-bond donors (Lipinski definition) is 1. The van der Waals surface area contributed by atoms with E-state index in [0.717, 1.165) is 0 Å². The van der Waals surface area contributed by atoms with Gasteiger partial charge in [-0.15, -0.1) is 0 Å². The Balaban J connectivity index is 1.96. The highest BCUT2D eigenvalue weighted by molar-refractivity contribution is 6.31. The normalized spacial score (nSPS) is 17.7. The minimum absolute atomic E-state index is 0.279. The first-order chi connectivity index (χ1) is 11.1. The molecule has 2 aromatic rings. The first-order valence-electron chi connectivity index (χ1n) is 7.16. The number of carbonyl (C=O) groups is 2. The van der Waals surface area contributed by atoms with E-state index in [9.17, 15) is 14.0 Å². The van der Waals surface area contributed by atoms with Crippen LogP contribution in [-0.4, -0.2) is 29.8 Å². The van der Waals surface area contributed by atoms with Gasteiger partial charge in [-0.25, -0.2) is 4.39 Å². The Labute approximate surface area is 137 Å². The summed E-state index contributed by atoms with van der Waals surface area (Å²) >= 11 is 5.94. The average molecular weight is 333 g/mol. The molecule has 118 valence electrons. The summed E-state index contributed by atoms with van der Waals surface area (Å²) in [6.45, 7) is 0.752. The standard InChI is InChI=1S/C17H14ClFN2O2/c18-13-3-1-2-12(10-13)17(23)21-9-8-20-16(22)15(21)11-4-6-14(19)7-5-11/h1-7,10,15H,8-9H2,(H,20,22). The molecule has 1 atom stereocenters. The van der Waals surface area contributed by atoms with Crippen molar-refractivity contribution in [2.75, 3.05) is 13.1 Å². The predicted molar refractivity (Wildman–Crippen MR) is 84.6 cm³/mol. The van der Waals surface area contributed by atoms with Gasteiger partial charge in [-0.2, -0.15) is 0 Å². The van der Waals surface area contributed by atoms with Crippen LogP contribution in [0.15, 0.2) is 48.5 Å². The molecule has 3 rings (SSSR count). The third-order valence-electron chi connectivity index (χ3n) is 3.73. The first kappa shape index (κ1) is 15.5. The molecule has 23 heavy (non-hydrogen) atoms. The fraction of sp³-hybridized carbons (Fsp3) is 0.176. The van der Waals surface area contributed by atoms with Gasteiger partial charge in [0, 0.05) is 23.7 Å². The molecule has 1 aliphatic rings. The number of nitrogens with one attached hydrogen (secondary N) is 1. The number of amides is 2. The Morgan fingerprint density at radius 3 is 2.65 bits per heavy atom. The molecule has 0 aromatic heterocycles. The summed E-state index contributed by atoms with van der Waals surface area (Å²) < 4.78 is 13.1. The topological polar surface area (TPSA) is 49.4 Å². The molecule has 2 amide bonds. The number of carbonyl (C=O) groups excluding carboxylic acids is 2. The zero-order chi connectivity index (χ0) is 16.4. The number of piperazine rings is 1. The monoisotopic (exact) mass is 332 g/mol. The quantitative estimate of drug-likeness (QED) is 0.919. The Hall–Kier alpha value is -2.40. The molecule has 1 saturated heterocycles. The smallest absolute Gasteiger partial charge is 0.254 e.